The first-order valence-corrected chi connectivity index (χ1v) is 6.87. The van der Waals surface area contributed by atoms with Gasteiger partial charge in [-0.25, -0.2) is 0 Å². The molecule has 0 amide bonds. The Balaban J connectivity index is 1.87. The molecule has 0 radical (unpaired) electrons. The highest BCUT2D eigenvalue weighted by molar-refractivity contribution is 6.30. The average Bonchev–Trinajstić information content (AvgIpc) is 2.46. The zero-order chi connectivity index (χ0) is 13.5. The molecule has 19 heavy (non-hydrogen) atoms. The Morgan fingerprint density at radius 3 is 2.32 bits per heavy atom. The lowest BCUT2D eigenvalue weighted by Crippen LogP contribution is -1.99. The summed E-state index contributed by atoms with van der Waals surface area (Å²) in [6.07, 6.45) is 1.02. The van der Waals surface area contributed by atoms with Gasteiger partial charge in [0.25, 0.3) is 0 Å². The minimum absolute atomic E-state index is 0.761. The first-order chi connectivity index (χ1) is 9.28. The van der Waals surface area contributed by atoms with Crippen molar-refractivity contribution in [2.75, 3.05) is 11.9 Å². The van der Waals surface area contributed by atoms with Crippen LogP contribution in [0.2, 0.25) is 5.02 Å². The van der Waals surface area contributed by atoms with E-state index in [1.807, 2.05) is 48.5 Å². The Labute approximate surface area is 119 Å². The second kappa shape index (κ2) is 7.05. The Morgan fingerprint density at radius 1 is 1.00 bits per heavy atom. The maximum atomic E-state index is 5.85. The van der Waals surface area contributed by atoms with Crippen molar-refractivity contribution >= 4 is 17.3 Å². The predicted octanol–water partition coefficient (Wildman–Crippen LogP) is 4.74. The SMILES string of the molecule is CCCOc1ccc(NCc2ccc(Cl)cc2)cc1. The molecule has 1 N–H and O–H groups in total. The third kappa shape index (κ3) is 4.49. The van der Waals surface area contributed by atoms with E-state index in [9.17, 15) is 0 Å². The van der Waals surface area contributed by atoms with Crippen molar-refractivity contribution in [1.82, 2.24) is 0 Å². The number of hydrogen-bond donors (Lipinski definition) is 1. The van der Waals surface area contributed by atoms with Gasteiger partial charge in [0.05, 0.1) is 6.61 Å². The molecule has 2 rings (SSSR count). The Bertz CT molecular complexity index is 493. The van der Waals surface area contributed by atoms with Crippen molar-refractivity contribution < 1.29 is 4.74 Å². The first kappa shape index (κ1) is 13.8. The molecule has 0 saturated carbocycles. The normalized spacial score (nSPS) is 10.2. The number of ether oxygens (including phenoxy) is 1. The Kier molecular flexibility index (Phi) is 5.10. The zero-order valence-electron chi connectivity index (χ0n) is 11.0. The number of halogens is 1. The van der Waals surface area contributed by atoms with Gasteiger partial charge in [-0.1, -0.05) is 30.7 Å². The number of hydrogen-bond acceptors (Lipinski definition) is 2. The van der Waals surface area contributed by atoms with E-state index in [2.05, 4.69) is 12.2 Å². The van der Waals surface area contributed by atoms with Crippen molar-refractivity contribution in [1.29, 1.82) is 0 Å². The summed E-state index contributed by atoms with van der Waals surface area (Å²) in [5.74, 6) is 0.916. The van der Waals surface area contributed by atoms with Crippen molar-refractivity contribution in [3.05, 3.63) is 59.1 Å². The predicted molar refractivity (Wildman–Crippen MR) is 81.0 cm³/mol. The monoisotopic (exact) mass is 275 g/mol. The van der Waals surface area contributed by atoms with E-state index in [1.165, 1.54) is 5.56 Å². The van der Waals surface area contributed by atoms with Crippen molar-refractivity contribution in [2.24, 2.45) is 0 Å². The van der Waals surface area contributed by atoms with E-state index >= 15 is 0 Å². The summed E-state index contributed by atoms with van der Waals surface area (Å²) in [7, 11) is 0. The summed E-state index contributed by atoms with van der Waals surface area (Å²) in [6, 6.07) is 15.9. The Hall–Kier alpha value is -1.67. The average molecular weight is 276 g/mol. The molecule has 100 valence electrons. The van der Waals surface area contributed by atoms with Crippen LogP contribution in [0.3, 0.4) is 0 Å². The highest BCUT2D eigenvalue weighted by Crippen LogP contribution is 2.17. The third-order valence-corrected chi connectivity index (χ3v) is 2.99. The topological polar surface area (TPSA) is 21.3 Å². The van der Waals surface area contributed by atoms with Crippen LogP contribution in [0.4, 0.5) is 5.69 Å². The largest absolute Gasteiger partial charge is 0.494 e. The second-order valence-corrected chi connectivity index (χ2v) is 4.79. The molecular weight excluding hydrogens is 258 g/mol. The molecule has 0 bridgehead atoms. The Morgan fingerprint density at radius 2 is 1.68 bits per heavy atom. The van der Waals surface area contributed by atoms with Crippen LogP contribution in [0.25, 0.3) is 0 Å². The molecular formula is C16H18ClNO. The van der Waals surface area contributed by atoms with Gasteiger partial charge < -0.3 is 10.1 Å². The van der Waals surface area contributed by atoms with Gasteiger partial charge >= 0.3 is 0 Å². The molecule has 0 unspecified atom stereocenters. The van der Waals surface area contributed by atoms with Gasteiger partial charge in [0.2, 0.25) is 0 Å². The number of rotatable bonds is 6. The van der Waals surface area contributed by atoms with E-state index in [0.717, 1.165) is 36.0 Å². The molecule has 0 fully saturated rings. The number of benzene rings is 2. The van der Waals surface area contributed by atoms with Crippen LogP contribution < -0.4 is 10.1 Å². The van der Waals surface area contributed by atoms with Crippen molar-refractivity contribution in [2.45, 2.75) is 19.9 Å². The van der Waals surface area contributed by atoms with Crippen molar-refractivity contribution in [3.8, 4) is 5.75 Å². The van der Waals surface area contributed by atoms with Gasteiger partial charge in [0.15, 0.2) is 0 Å². The highest BCUT2D eigenvalue weighted by Gasteiger charge is 1.96. The first-order valence-electron chi connectivity index (χ1n) is 6.49. The standard InChI is InChI=1S/C16H18ClNO/c1-2-11-19-16-9-7-15(8-10-16)18-12-13-3-5-14(17)6-4-13/h3-10,18H,2,11-12H2,1H3. The zero-order valence-corrected chi connectivity index (χ0v) is 11.8. The summed E-state index contributed by atoms with van der Waals surface area (Å²) in [6.45, 7) is 3.64. The molecule has 0 aromatic heterocycles. The summed E-state index contributed by atoms with van der Waals surface area (Å²) >= 11 is 5.85. The highest BCUT2D eigenvalue weighted by atomic mass is 35.5. The number of anilines is 1. The van der Waals surface area contributed by atoms with Crippen LogP contribution in [0, 0.1) is 0 Å². The minimum atomic E-state index is 0.761. The molecule has 0 atom stereocenters. The number of nitrogens with one attached hydrogen (secondary N) is 1. The molecule has 0 saturated heterocycles. The molecule has 0 aliphatic carbocycles. The molecule has 0 heterocycles. The molecule has 3 heteroatoms. The van der Waals surface area contributed by atoms with E-state index in [1.54, 1.807) is 0 Å². The van der Waals surface area contributed by atoms with Gasteiger partial charge in [-0.2, -0.15) is 0 Å². The fourth-order valence-corrected chi connectivity index (χ4v) is 1.82. The quantitative estimate of drug-likeness (QED) is 0.822. The maximum absolute atomic E-state index is 5.85. The smallest absolute Gasteiger partial charge is 0.119 e. The second-order valence-electron chi connectivity index (χ2n) is 4.35. The maximum Gasteiger partial charge on any atom is 0.119 e. The molecule has 0 aliphatic rings. The minimum Gasteiger partial charge on any atom is -0.494 e. The molecule has 2 nitrogen and oxygen atoms in total. The van der Waals surface area contributed by atoms with Crippen LogP contribution >= 0.6 is 11.6 Å². The molecule has 2 aromatic rings. The molecule has 0 aliphatic heterocycles. The summed E-state index contributed by atoms with van der Waals surface area (Å²) in [5.41, 5.74) is 2.29. The van der Waals surface area contributed by atoms with Gasteiger partial charge in [-0.3, -0.25) is 0 Å². The van der Waals surface area contributed by atoms with Crippen LogP contribution in [0.15, 0.2) is 48.5 Å². The lowest BCUT2D eigenvalue weighted by Gasteiger charge is -2.08. The fraction of sp³-hybridized carbons (Fsp3) is 0.250. The van der Waals surface area contributed by atoms with Crippen LogP contribution in [0.5, 0.6) is 5.75 Å². The van der Waals surface area contributed by atoms with E-state index in [0.29, 0.717) is 0 Å². The van der Waals surface area contributed by atoms with Crippen LogP contribution in [-0.4, -0.2) is 6.61 Å². The van der Waals surface area contributed by atoms with Gasteiger partial charge in [-0.05, 0) is 48.4 Å². The van der Waals surface area contributed by atoms with Crippen LogP contribution in [-0.2, 0) is 6.54 Å². The van der Waals surface area contributed by atoms with Crippen molar-refractivity contribution in [3.63, 3.8) is 0 Å². The van der Waals surface area contributed by atoms with Gasteiger partial charge in [0, 0.05) is 17.3 Å². The van der Waals surface area contributed by atoms with E-state index < -0.39 is 0 Å². The van der Waals surface area contributed by atoms with Gasteiger partial charge in [-0.15, -0.1) is 0 Å². The third-order valence-electron chi connectivity index (χ3n) is 2.74. The van der Waals surface area contributed by atoms with E-state index in [4.69, 9.17) is 16.3 Å². The summed E-state index contributed by atoms with van der Waals surface area (Å²) in [4.78, 5) is 0. The van der Waals surface area contributed by atoms with Crippen LogP contribution in [0.1, 0.15) is 18.9 Å². The molecule has 2 aromatic carbocycles. The molecule has 0 spiro atoms. The summed E-state index contributed by atoms with van der Waals surface area (Å²) < 4.78 is 5.54. The lowest BCUT2D eigenvalue weighted by atomic mass is 10.2. The van der Waals surface area contributed by atoms with Gasteiger partial charge in [0.1, 0.15) is 5.75 Å². The van der Waals surface area contributed by atoms with E-state index in [-0.39, 0.29) is 0 Å². The lowest BCUT2D eigenvalue weighted by molar-refractivity contribution is 0.317. The summed E-state index contributed by atoms with van der Waals surface area (Å²) in [5, 5.41) is 4.13. The fourth-order valence-electron chi connectivity index (χ4n) is 1.70.